The van der Waals surface area contributed by atoms with Gasteiger partial charge in [0, 0.05) is 27.1 Å². The van der Waals surface area contributed by atoms with Crippen LogP contribution in [-0.4, -0.2) is 4.98 Å². The first-order valence-electron chi connectivity index (χ1n) is 6.39. The Morgan fingerprint density at radius 1 is 0.957 bits per heavy atom. The standard InChI is InChI=1S/C16H7Cl2F3N2/c17-12-3-8(7-22)1-2-10(12)11-4-9-5-15(16(19,20)21)23-14(9)6-13(11)18/h1-6,23H. The van der Waals surface area contributed by atoms with Gasteiger partial charge in [0.05, 0.1) is 16.7 Å². The Morgan fingerprint density at radius 2 is 1.65 bits per heavy atom. The minimum atomic E-state index is -4.46. The van der Waals surface area contributed by atoms with Crippen molar-refractivity contribution in [2.75, 3.05) is 0 Å². The van der Waals surface area contributed by atoms with E-state index in [-0.39, 0.29) is 10.5 Å². The minimum Gasteiger partial charge on any atom is -0.351 e. The number of nitriles is 1. The number of H-pyrrole nitrogens is 1. The van der Waals surface area contributed by atoms with Gasteiger partial charge in [0.15, 0.2) is 0 Å². The lowest BCUT2D eigenvalue weighted by Gasteiger charge is -2.08. The van der Waals surface area contributed by atoms with Gasteiger partial charge < -0.3 is 4.98 Å². The molecule has 0 atom stereocenters. The first kappa shape index (κ1) is 15.7. The average molecular weight is 355 g/mol. The second-order valence-corrected chi connectivity index (χ2v) is 5.72. The van der Waals surface area contributed by atoms with E-state index in [1.165, 1.54) is 18.2 Å². The summed E-state index contributed by atoms with van der Waals surface area (Å²) in [4.78, 5) is 2.30. The smallest absolute Gasteiger partial charge is 0.351 e. The van der Waals surface area contributed by atoms with E-state index in [2.05, 4.69) is 4.98 Å². The van der Waals surface area contributed by atoms with Crippen LogP contribution < -0.4 is 0 Å². The highest BCUT2D eigenvalue weighted by Crippen LogP contribution is 2.38. The number of hydrogen-bond donors (Lipinski definition) is 1. The molecule has 3 rings (SSSR count). The zero-order chi connectivity index (χ0) is 16.8. The normalized spacial score (nSPS) is 11.7. The molecule has 0 unspecified atom stereocenters. The number of aromatic amines is 1. The van der Waals surface area contributed by atoms with Gasteiger partial charge in [0.25, 0.3) is 0 Å². The van der Waals surface area contributed by atoms with Crippen molar-refractivity contribution in [1.82, 2.24) is 4.98 Å². The molecule has 1 heterocycles. The molecule has 23 heavy (non-hydrogen) atoms. The molecule has 0 saturated carbocycles. The SMILES string of the molecule is N#Cc1ccc(-c2cc3cc(C(F)(F)F)[nH]c3cc2Cl)c(Cl)c1. The van der Waals surface area contributed by atoms with E-state index in [1.54, 1.807) is 12.1 Å². The van der Waals surface area contributed by atoms with Crippen LogP contribution in [0.15, 0.2) is 36.4 Å². The van der Waals surface area contributed by atoms with E-state index in [9.17, 15) is 13.2 Å². The quantitative estimate of drug-likeness (QED) is 0.569. The summed E-state index contributed by atoms with van der Waals surface area (Å²) in [5.74, 6) is 0. The van der Waals surface area contributed by atoms with Crippen LogP contribution in [0.25, 0.3) is 22.0 Å². The molecule has 7 heteroatoms. The molecule has 2 nitrogen and oxygen atoms in total. The number of rotatable bonds is 1. The Morgan fingerprint density at radius 3 is 2.26 bits per heavy atom. The highest BCUT2D eigenvalue weighted by molar-refractivity contribution is 6.37. The lowest BCUT2D eigenvalue weighted by atomic mass is 10.0. The zero-order valence-corrected chi connectivity index (χ0v) is 12.8. The monoisotopic (exact) mass is 354 g/mol. The summed E-state index contributed by atoms with van der Waals surface area (Å²) >= 11 is 12.3. The van der Waals surface area contributed by atoms with Crippen LogP contribution in [0.4, 0.5) is 13.2 Å². The fourth-order valence-electron chi connectivity index (χ4n) is 2.32. The van der Waals surface area contributed by atoms with Crippen molar-refractivity contribution in [2.45, 2.75) is 6.18 Å². The maximum absolute atomic E-state index is 12.8. The molecule has 0 saturated heterocycles. The molecule has 0 aliphatic rings. The Hall–Kier alpha value is -2.16. The maximum Gasteiger partial charge on any atom is 0.431 e. The molecule has 0 bridgehead atoms. The molecule has 2 aromatic carbocycles. The maximum atomic E-state index is 12.8. The fraction of sp³-hybridized carbons (Fsp3) is 0.0625. The number of fused-ring (bicyclic) bond motifs is 1. The number of nitrogens with zero attached hydrogens (tertiary/aromatic N) is 1. The van der Waals surface area contributed by atoms with Gasteiger partial charge in [-0.2, -0.15) is 18.4 Å². The van der Waals surface area contributed by atoms with Crippen molar-refractivity contribution in [1.29, 1.82) is 5.26 Å². The largest absolute Gasteiger partial charge is 0.431 e. The molecular weight excluding hydrogens is 348 g/mol. The van der Waals surface area contributed by atoms with Crippen molar-refractivity contribution in [2.24, 2.45) is 0 Å². The van der Waals surface area contributed by atoms with Gasteiger partial charge in [0.1, 0.15) is 5.69 Å². The van der Waals surface area contributed by atoms with Crippen LogP contribution in [0.3, 0.4) is 0 Å². The summed E-state index contributed by atoms with van der Waals surface area (Å²) in [6.07, 6.45) is -4.46. The predicted octanol–water partition coefficient (Wildman–Crippen LogP) is 6.03. The molecule has 116 valence electrons. The summed E-state index contributed by atoms with van der Waals surface area (Å²) in [6.45, 7) is 0. The van der Waals surface area contributed by atoms with E-state index in [0.717, 1.165) is 6.07 Å². The molecule has 1 N–H and O–H groups in total. The molecule has 3 aromatic rings. The van der Waals surface area contributed by atoms with Gasteiger partial charge in [-0.1, -0.05) is 29.3 Å². The summed E-state index contributed by atoms with van der Waals surface area (Å²) in [7, 11) is 0. The Bertz CT molecular complexity index is 952. The van der Waals surface area contributed by atoms with Crippen molar-refractivity contribution < 1.29 is 13.2 Å². The highest BCUT2D eigenvalue weighted by Gasteiger charge is 2.32. The Kier molecular flexibility index (Phi) is 3.75. The van der Waals surface area contributed by atoms with Crippen LogP contribution in [0.1, 0.15) is 11.3 Å². The van der Waals surface area contributed by atoms with Crippen LogP contribution >= 0.6 is 23.2 Å². The van der Waals surface area contributed by atoms with Crippen LogP contribution in [0.5, 0.6) is 0 Å². The molecule has 0 spiro atoms. The Balaban J connectivity index is 2.19. The second kappa shape index (κ2) is 5.48. The van der Waals surface area contributed by atoms with Gasteiger partial charge >= 0.3 is 6.18 Å². The molecule has 0 aliphatic heterocycles. The summed E-state index contributed by atoms with van der Waals surface area (Å²) < 4.78 is 38.3. The van der Waals surface area contributed by atoms with Crippen LogP contribution in [-0.2, 0) is 6.18 Å². The molecule has 0 aliphatic carbocycles. The first-order valence-corrected chi connectivity index (χ1v) is 7.14. The third-order valence-corrected chi connectivity index (χ3v) is 4.03. The second-order valence-electron chi connectivity index (χ2n) is 4.91. The molecular formula is C16H7Cl2F3N2. The van der Waals surface area contributed by atoms with Crippen molar-refractivity contribution in [3.05, 3.63) is 57.7 Å². The molecule has 0 fully saturated rings. The number of benzene rings is 2. The van der Waals surface area contributed by atoms with Gasteiger partial charge in [-0.05, 0) is 30.3 Å². The average Bonchev–Trinajstić information content (AvgIpc) is 2.89. The van der Waals surface area contributed by atoms with Gasteiger partial charge in [-0.3, -0.25) is 0 Å². The van der Waals surface area contributed by atoms with Crippen LogP contribution in [0, 0.1) is 11.3 Å². The lowest BCUT2D eigenvalue weighted by Crippen LogP contribution is -2.04. The van der Waals surface area contributed by atoms with Crippen LogP contribution in [0.2, 0.25) is 10.0 Å². The number of halogens is 5. The minimum absolute atomic E-state index is 0.264. The third-order valence-electron chi connectivity index (χ3n) is 3.40. The lowest BCUT2D eigenvalue weighted by molar-refractivity contribution is -0.140. The van der Waals surface area contributed by atoms with E-state index >= 15 is 0 Å². The van der Waals surface area contributed by atoms with Gasteiger partial charge in [-0.15, -0.1) is 0 Å². The molecule has 0 amide bonds. The number of hydrogen-bond acceptors (Lipinski definition) is 1. The van der Waals surface area contributed by atoms with E-state index < -0.39 is 11.9 Å². The van der Waals surface area contributed by atoms with Gasteiger partial charge in [0.2, 0.25) is 0 Å². The Labute approximate surface area is 139 Å². The van der Waals surface area contributed by atoms with Crippen molar-refractivity contribution in [3.63, 3.8) is 0 Å². The van der Waals surface area contributed by atoms with Crippen molar-refractivity contribution in [3.8, 4) is 17.2 Å². The number of aromatic nitrogens is 1. The summed E-state index contributed by atoms with van der Waals surface area (Å²) in [6, 6.07) is 10.6. The zero-order valence-electron chi connectivity index (χ0n) is 11.3. The van der Waals surface area contributed by atoms with Crippen molar-refractivity contribution >= 4 is 34.1 Å². The fourth-order valence-corrected chi connectivity index (χ4v) is 2.86. The number of nitrogens with one attached hydrogen (secondary N) is 1. The number of alkyl halides is 3. The highest BCUT2D eigenvalue weighted by atomic mass is 35.5. The predicted molar refractivity (Wildman–Crippen MR) is 83.5 cm³/mol. The molecule has 1 aromatic heterocycles. The summed E-state index contributed by atoms with van der Waals surface area (Å²) in [5, 5.41) is 9.79. The van der Waals surface area contributed by atoms with E-state index in [1.807, 2.05) is 6.07 Å². The molecule has 0 radical (unpaired) electrons. The first-order chi connectivity index (χ1) is 10.8. The van der Waals surface area contributed by atoms with Gasteiger partial charge in [-0.25, -0.2) is 0 Å². The third kappa shape index (κ3) is 2.88. The topological polar surface area (TPSA) is 39.6 Å². The summed E-state index contributed by atoms with van der Waals surface area (Å²) in [5.41, 5.74) is 0.883. The van der Waals surface area contributed by atoms with E-state index in [4.69, 9.17) is 28.5 Å². The van der Waals surface area contributed by atoms with E-state index in [0.29, 0.717) is 27.1 Å².